The highest BCUT2D eigenvalue weighted by Gasteiger charge is 2.04. The Balaban J connectivity index is 1.76. The van der Waals surface area contributed by atoms with Crippen LogP contribution in [-0.2, 0) is 11.2 Å². The fraction of sp³-hybridized carbons (Fsp3) is 0.222. The zero-order valence-electron chi connectivity index (χ0n) is 14.0. The van der Waals surface area contributed by atoms with Gasteiger partial charge in [-0.1, -0.05) is 41.9 Å². The monoisotopic (exact) mass is 360 g/mol. The van der Waals surface area contributed by atoms with Crippen LogP contribution in [0, 0.1) is 0 Å². The van der Waals surface area contributed by atoms with E-state index in [4.69, 9.17) is 22.1 Å². The molecule has 25 heavy (non-hydrogen) atoms. The van der Waals surface area contributed by atoms with Crippen LogP contribution in [0.25, 0.3) is 0 Å². The number of amides is 1. The van der Waals surface area contributed by atoms with Gasteiger partial charge in [0.1, 0.15) is 12.3 Å². The fourth-order valence-corrected chi connectivity index (χ4v) is 2.39. The van der Waals surface area contributed by atoms with E-state index in [9.17, 15) is 4.79 Å². The molecule has 0 aromatic heterocycles. The summed E-state index contributed by atoms with van der Waals surface area (Å²) >= 11 is 6.04. The second kappa shape index (κ2) is 9.54. The van der Waals surface area contributed by atoms with E-state index < -0.39 is 0 Å². The van der Waals surface area contributed by atoms with Crippen molar-refractivity contribution < 1.29 is 9.53 Å². The number of ether oxygens (including phenoxy) is 1. The van der Waals surface area contributed by atoms with Crippen molar-refractivity contribution in [3.63, 3.8) is 0 Å². The normalized spacial score (nSPS) is 11.0. The average molecular weight is 361 g/mol. The number of hydrogen-bond donors (Lipinski definition) is 3. The average Bonchev–Trinajstić information content (AvgIpc) is 2.61. The third-order valence-electron chi connectivity index (χ3n) is 3.40. The number of nitrogens with two attached hydrogens (primary N) is 1. The number of anilines is 1. The first kappa shape index (κ1) is 18.6. The Morgan fingerprint density at radius 1 is 1.24 bits per heavy atom. The molecular formula is C18H21ClN4O2. The number of hydrogen-bond acceptors (Lipinski definition) is 3. The maximum atomic E-state index is 11.8. The number of nitrogens with one attached hydrogen (secondary N) is 2. The topological polar surface area (TPSA) is 88.7 Å². The summed E-state index contributed by atoms with van der Waals surface area (Å²) in [4.78, 5) is 15.8. The summed E-state index contributed by atoms with van der Waals surface area (Å²) in [6.45, 7) is 0.511. The molecule has 7 heteroatoms. The van der Waals surface area contributed by atoms with Crippen molar-refractivity contribution in [2.24, 2.45) is 10.7 Å². The highest BCUT2D eigenvalue weighted by Crippen LogP contribution is 2.26. The van der Waals surface area contributed by atoms with Crippen LogP contribution in [0.5, 0.6) is 5.75 Å². The molecule has 132 valence electrons. The summed E-state index contributed by atoms with van der Waals surface area (Å²) in [5, 5.41) is 6.14. The lowest BCUT2D eigenvalue weighted by atomic mass is 10.1. The number of methoxy groups -OCH3 is 1. The van der Waals surface area contributed by atoms with Crippen LogP contribution in [-0.4, -0.2) is 32.1 Å². The van der Waals surface area contributed by atoms with Gasteiger partial charge < -0.3 is 21.1 Å². The van der Waals surface area contributed by atoms with Crippen LogP contribution in [0.3, 0.4) is 0 Å². The molecule has 0 aliphatic rings. The number of nitrogens with zero attached hydrogens (tertiary/aromatic N) is 1. The highest BCUT2D eigenvalue weighted by molar-refractivity contribution is 6.32. The van der Waals surface area contributed by atoms with Crippen molar-refractivity contribution in [3.05, 3.63) is 59.1 Å². The lowest BCUT2D eigenvalue weighted by Gasteiger charge is -2.08. The third-order valence-corrected chi connectivity index (χ3v) is 3.69. The second-order valence-electron chi connectivity index (χ2n) is 5.26. The van der Waals surface area contributed by atoms with E-state index in [1.54, 1.807) is 25.3 Å². The Bertz CT molecular complexity index is 735. The van der Waals surface area contributed by atoms with Crippen molar-refractivity contribution in [2.75, 3.05) is 25.5 Å². The maximum absolute atomic E-state index is 11.8. The molecule has 4 N–H and O–H groups in total. The van der Waals surface area contributed by atoms with Crippen LogP contribution in [0.2, 0.25) is 5.02 Å². The molecule has 0 bridgehead atoms. The third kappa shape index (κ3) is 6.35. The molecule has 2 aromatic carbocycles. The van der Waals surface area contributed by atoms with Crippen LogP contribution in [0.4, 0.5) is 5.69 Å². The molecule has 2 aromatic rings. The Kier molecular flexibility index (Phi) is 7.10. The highest BCUT2D eigenvalue weighted by atomic mass is 35.5. The first-order valence-corrected chi connectivity index (χ1v) is 8.17. The van der Waals surface area contributed by atoms with Crippen LogP contribution in [0.15, 0.2) is 53.5 Å². The smallest absolute Gasteiger partial charge is 0.241 e. The van der Waals surface area contributed by atoms with Gasteiger partial charge in [-0.05, 0) is 30.2 Å². The minimum absolute atomic E-state index is 0.0441. The predicted molar refractivity (Wildman–Crippen MR) is 101 cm³/mol. The summed E-state index contributed by atoms with van der Waals surface area (Å²) in [6.07, 6.45) is 0.772. The molecule has 0 aliphatic carbocycles. The summed E-state index contributed by atoms with van der Waals surface area (Å²) < 4.78 is 5.08. The zero-order valence-corrected chi connectivity index (χ0v) is 14.7. The van der Waals surface area contributed by atoms with Gasteiger partial charge in [0.05, 0.1) is 12.1 Å². The van der Waals surface area contributed by atoms with Crippen molar-refractivity contribution in [1.29, 1.82) is 0 Å². The number of rotatable bonds is 7. The van der Waals surface area contributed by atoms with Gasteiger partial charge in [0.15, 0.2) is 5.96 Å². The molecule has 1 amide bonds. The lowest BCUT2D eigenvalue weighted by molar-refractivity contribution is -0.119. The number of carbonyl (C=O) groups is 1. The molecule has 0 atom stereocenters. The van der Waals surface area contributed by atoms with Crippen molar-refractivity contribution in [1.82, 2.24) is 5.32 Å². The first-order valence-electron chi connectivity index (χ1n) is 7.79. The summed E-state index contributed by atoms with van der Waals surface area (Å²) in [7, 11) is 1.54. The van der Waals surface area contributed by atoms with Crippen LogP contribution in [0.1, 0.15) is 5.56 Å². The van der Waals surface area contributed by atoms with Gasteiger partial charge >= 0.3 is 0 Å². The second-order valence-corrected chi connectivity index (χ2v) is 5.67. The summed E-state index contributed by atoms with van der Waals surface area (Å²) in [5.74, 6) is 0.522. The van der Waals surface area contributed by atoms with Gasteiger partial charge in [-0.25, -0.2) is 4.99 Å². The van der Waals surface area contributed by atoms with Gasteiger partial charge in [-0.15, -0.1) is 0 Å². The van der Waals surface area contributed by atoms with E-state index >= 15 is 0 Å². The SMILES string of the molecule is COc1ccc(NC(N)=NCC(=O)NCCc2ccccc2)cc1Cl. The van der Waals surface area contributed by atoms with Crippen LogP contribution >= 0.6 is 11.6 Å². The summed E-state index contributed by atoms with van der Waals surface area (Å²) in [6, 6.07) is 15.1. The fourth-order valence-electron chi connectivity index (χ4n) is 2.14. The zero-order chi connectivity index (χ0) is 18.1. The van der Waals surface area contributed by atoms with Crippen molar-refractivity contribution in [3.8, 4) is 5.75 Å². The van der Waals surface area contributed by atoms with E-state index in [1.165, 1.54) is 5.56 Å². The molecule has 0 heterocycles. The van der Waals surface area contributed by atoms with E-state index in [1.807, 2.05) is 30.3 Å². The predicted octanol–water partition coefficient (Wildman–Crippen LogP) is 2.43. The molecule has 0 unspecified atom stereocenters. The van der Waals surface area contributed by atoms with Gasteiger partial charge in [0.25, 0.3) is 0 Å². The molecule has 0 aliphatic heterocycles. The van der Waals surface area contributed by atoms with Gasteiger partial charge in [-0.2, -0.15) is 0 Å². The number of benzene rings is 2. The number of aliphatic imine (C=N–C) groups is 1. The number of guanidine groups is 1. The Labute approximate surface area is 152 Å². The minimum atomic E-state index is -0.187. The molecule has 6 nitrogen and oxygen atoms in total. The van der Waals surface area contributed by atoms with E-state index in [-0.39, 0.29) is 18.4 Å². The minimum Gasteiger partial charge on any atom is -0.495 e. The lowest BCUT2D eigenvalue weighted by Crippen LogP contribution is -2.30. The molecule has 0 spiro atoms. The van der Waals surface area contributed by atoms with Crippen LogP contribution < -0.4 is 21.1 Å². The van der Waals surface area contributed by atoms with E-state index in [0.29, 0.717) is 23.0 Å². The Hall–Kier alpha value is -2.73. The van der Waals surface area contributed by atoms with Gasteiger partial charge in [-0.3, -0.25) is 4.79 Å². The first-order chi connectivity index (χ1) is 12.1. The molecule has 0 radical (unpaired) electrons. The molecular weight excluding hydrogens is 340 g/mol. The maximum Gasteiger partial charge on any atom is 0.241 e. The largest absolute Gasteiger partial charge is 0.495 e. The molecule has 0 saturated carbocycles. The van der Waals surface area contributed by atoms with Crippen molar-refractivity contribution in [2.45, 2.75) is 6.42 Å². The van der Waals surface area contributed by atoms with E-state index in [0.717, 1.165) is 6.42 Å². The molecule has 2 rings (SSSR count). The molecule has 0 saturated heterocycles. The molecule has 0 fully saturated rings. The quantitative estimate of drug-likeness (QED) is 0.522. The Morgan fingerprint density at radius 2 is 2.00 bits per heavy atom. The number of halogens is 1. The number of carbonyl (C=O) groups excluding carboxylic acids is 1. The Morgan fingerprint density at radius 3 is 2.68 bits per heavy atom. The van der Waals surface area contributed by atoms with Gasteiger partial charge in [0, 0.05) is 12.2 Å². The van der Waals surface area contributed by atoms with E-state index in [2.05, 4.69) is 15.6 Å². The standard InChI is InChI=1S/C18H21ClN4O2/c1-25-16-8-7-14(11-15(16)19)23-18(20)22-12-17(24)21-10-9-13-5-3-2-4-6-13/h2-8,11H,9-10,12H2,1H3,(H,21,24)(H3,20,22,23). The van der Waals surface area contributed by atoms with Crippen molar-refractivity contribution >= 4 is 29.2 Å². The summed E-state index contributed by atoms with van der Waals surface area (Å²) in [5.41, 5.74) is 7.61. The van der Waals surface area contributed by atoms with Gasteiger partial charge in [0.2, 0.25) is 5.91 Å².